The van der Waals surface area contributed by atoms with Gasteiger partial charge in [0, 0.05) is 10.7 Å². The Kier molecular flexibility index (Phi) is 6.68. The van der Waals surface area contributed by atoms with Crippen LogP contribution in [0.5, 0.6) is 5.75 Å². The molecule has 1 amide bonds. The summed E-state index contributed by atoms with van der Waals surface area (Å²) in [6.07, 6.45) is 4.55. The number of carbonyl (C=O) groups is 1. The molecule has 0 aliphatic rings. The molecule has 0 saturated carbocycles. The fourth-order valence-corrected chi connectivity index (χ4v) is 3.38. The minimum Gasteiger partial charge on any atom is -0.481 e. The smallest absolute Gasteiger partial charge is 0.258 e. The van der Waals surface area contributed by atoms with E-state index in [9.17, 15) is 9.18 Å². The number of fused-ring (bicyclic) bond motifs is 1. The minimum absolute atomic E-state index is 0.0296. The summed E-state index contributed by atoms with van der Waals surface area (Å²) in [5.74, 6) is 0.648. The van der Waals surface area contributed by atoms with Gasteiger partial charge in [0.1, 0.15) is 0 Å². The zero-order valence-corrected chi connectivity index (χ0v) is 17.0. The van der Waals surface area contributed by atoms with Crippen molar-refractivity contribution in [1.82, 2.24) is 19.9 Å². The molecule has 0 saturated heterocycles. The van der Waals surface area contributed by atoms with Gasteiger partial charge < -0.3 is 10.1 Å². The van der Waals surface area contributed by atoms with E-state index in [2.05, 4.69) is 31.4 Å². The molecule has 2 heterocycles. The van der Waals surface area contributed by atoms with Crippen LogP contribution >= 0.6 is 27.7 Å². The Hall–Kier alpha value is -2.13. The van der Waals surface area contributed by atoms with E-state index in [0.29, 0.717) is 22.4 Å². The number of amides is 1. The Balaban J connectivity index is 1.69. The fourth-order valence-electron chi connectivity index (χ4n) is 2.57. The monoisotopic (exact) mass is 452 g/mol. The predicted molar refractivity (Wildman–Crippen MR) is 106 cm³/mol. The van der Waals surface area contributed by atoms with Crippen LogP contribution in [-0.4, -0.2) is 39.1 Å². The van der Waals surface area contributed by atoms with Gasteiger partial charge in [-0.15, -0.1) is 10.2 Å². The third kappa shape index (κ3) is 4.98. The number of halogens is 2. The lowest BCUT2D eigenvalue weighted by atomic mass is 10.2. The molecule has 2 aromatic heterocycles. The lowest BCUT2D eigenvalue weighted by molar-refractivity contribution is -0.124. The van der Waals surface area contributed by atoms with Crippen LogP contribution < -0.4 is 10.1 Å². The molecule has 0 aliphatic carbocycles. The highest BCUT2D eigenvalue weighted by molar-refractivity contribution is 9.10. The average molecular weight is 453 g/mol. The van der Waals surface area contributed by atoms with Gasteiger partial charge >= 0.3 is 0 Å². The highest BCUT2D eigenvalue weighted by atomic mass is 79.9. The lowest BCUT2D eigenvalue weighted by Gasteiger charge is -2.17. The molecule has 0 bridgehead atoms. The van der Waals surface area contributed by atoms with Gasteiger partial charge in [-0.2, -0.15) is 11.8 Å². The van der Waals surface area contributed by atoms with E-state index in [1.54, 1.807) is 17.8 Å². The van der Waals surface area contributed by atoms with Crippen LogP contribution in [-0.2, 0) is 4.79 Å². The molecule has 27 heavy (non-hydrogen) atoms. The number of hydrogen-bond donors (Lipinski definition) is 1. The summed E-state index contributed by atoms with van der Waals surface area (Å²) >= 11 is 4.86. The number of benzene rings is 1. The van der Waals surface area contributed by atoms with Gasteiger partial charge in [-0.25, -0.2) is 4.39 Å². The van der Waals surface area contributed by atoms with E-state index >= 15 is 0 Å². The van der Waals surface area contributed by atoms with Gasteiger partial charge in [0.25, 0.3) is 5.91 Å². The van der Waals surface area contributed by atoms with Crippen LogP contribution in [0.2, 0.25) is 0 Å². The Morgan fingerprint density at radius 1 is 1.37 bits per heavy atom. The van der Waals surface area contributed by atoms with Crippen molar-refractivity contribution in [2.24, 2.45) is 0 Å². The van der Waals surface area contributed by atoms with Crippen molar-refractivity contribution < 1.29 is 13.9 Å². The number of ether oxygens (including phenoxy) is 1. The van der Waals surface area contributed by atoms with E-state index in [1.165, 1.54) is 12.1 Å². The normalized spacial score (nSPS) is 12.1. The topological polar surface area (TPSA) is 68.5 Å². The van der Waals surface area contributed by atoms with Crippen LogP contribution in [0.3, 0.4) is 0 Å². The third-order valence-electron chi connectivity index (χ3n) is 3.85. The van der Waals surface area contributed by atoms with E-state index in [1.807, 2.05) is 35.1 Å². The molecule has 0 aliphatic heterocycles. The van der Waals surface area contributed by atoms with Gasteiger partial charge in [0.15, 0.2) is 29.6 Å². The summed E-state index contributed by atoms with van der Waals surface area (Å²) in [6.45, 7) is -0.287. The highest BCUT2D eigenvalue weighted by Crippen LogP contribution is 2.22. The van der Waals surface area contributed by atoms with Crippen molar-refractivity contribution >= 4 is 39.2 Å². The van der Waals surface area contributed by atoms with Crippen LogP contribution in [0.15, 0.2) is 47.1 Å². The maximum atomic E-state index is 13.8. The number of nitrogens with one attached hydrogen (secondary N) is 1. The first-order valence-electron chi connectivity index (χ1n) is 8.24. The van der Waals surface area contributed by atoms with E-state index in [0.717, 1.165) is 5.75 Å². The van der Waals surface area contributed by atoms with Crippen molar-refractivity contribution in [1.29, 1.82) is 0 Å². The van der Waals surface area contributed by atoms with Gasteiger partial charge in [0.05, 0.1) is 6.04 Å². The van der Waals surface area contributed by atoms with Crippen molar-refractivity contribution in [2.45, 2.75) is 12.5 Å². The fraction of sp³-hybridized carbons (Fsp3) is 0.278. The van der Waals surface area contributed by atoms with Crippen molar-refractivity contribution in [2.75, 3.05) is 18.6 Å². The second-order valence-corrected chi connectivity index (χ2v) is 7.65. The number of pyridine rings is 1. The quantitative estimate of drug-likeness (QED) is 0.565. The average Bonchev–Trinajstić information content (AvgIpc) is 3.08. The van der Waals surface area contributed by atoms with Gasteiger partial charge in [-0.3, -0.25) is 9.20 Å². The predicted octanol–water partition coefficient (Wildman–Crippen LogP) is 3.62. The number of nitrogens with zero attached hydrogens (tertiary/aromatic N) is 3. The molecule has 6 nitrogen and oxygen atoms in total. The summed E-state index contributed by atoms with van der Waals surface area (Å²) in [5.41, 5.74) is 0.712. The zero-order valence-electron chi connectivity index (χ0n) is 14.6. The first kappa shape index (κ1) is 19.6. The highest BCUT2D eigenvalue weighted by Gasteiger charge is 2.20. The molecular weight excluding hydrogens is 435 g/mol. The Bertz CT molecular complexity index is 937. The Morgan fingerprint density at radius 3 is 3.00 bits per heavy atom. The summed E-state index contributed by atoms with van der Waals surface area (Å²) in [7, 11) is 0. The number of thioether (sulfide) groups is 1. The van der Waals surface area contributed by atoms with Crippen molar-refractivity contribution in [3.05, 3.63) is 58.7 Å². The van der Waals surface area contributed by atoms with Crippen molar-refractivity contribution in [3.8, 4) is 5.75 Å². The second kappa shape index (κ2) is 9.18. The number of carbonyl (C=O) groups excluding carboxylic acids is 1. The number of rotatable bonds is 8. The van der Waals surface area contributed by atoms with Gasteiger partial charge in [0.2, 0.25) is 0 Å². The van der Waals surface area contributed by atoms with Crippen LogP contribution in [0, 0.1) is 5.82 Å². The van der Waals surface area contributed by atoms with Crippen LogP contribution in [0.1, 0.15) is 18.3 Å². The molecule has 1 atom stereocenters. The molecule has 142 valence electrons. The first-order valence-corrected chi connectivity index (χ1v) is 10.4. The van der Waals surface area contributed by atoms with E-state index in [-0.39, 0.29) is 24.3 Å². The van der Waals surface area contributed by atoms with Gasteiger partial charge in [-0.1, -0.05) is 22.0 Å². The van der Waals surface area contributed by atoms with E-state index < -0.39 is 5.82 Å². The molecule has 3 rings (SSSR count). The number of aromatic nitrogens is 3. The Morgan fingerprint density at radius 2 is 2.22 bits per heavy atom. The summed E-state index contributed by atoms with van der Waals surface area (Å²) in [4.78, 5) is 12.4. The molecule has 9 heteroatoms. The molecule has 1 unspecified atom stereocenters. The standard InChI is InChI=1S/C18H18BrFN4O2S/c1-27-9-7-14(18-23-22-16-4-2-3-8-24(16)18)21-17(25)11-26-15-6-5-12(19)10-13(15)20/h2-6,8,10,14H,7,9,11H2,1H3,(H,21,25). The maximum Gasteiger partial charge on any atom is 0.258 e. The minimum atomic E-state index is -0.528. The zero-order chi connectivity index (χ0) is 19.2. The Labute approximate surface area is 168 Å². The largest absolute Gasteiger partial charge is 0.481 e. The number of hydrogen-bond acceptors (Lipinski definition) is 5. The third-order valence-corrected chi connectivity index (χ3v) is 4.99. The molecule has 0 spiro atoms. The van der Waals surface area contributed by atoms with Gasteiger partial charge in [-0.05, 0) is 48.8 Å². The molecular formula is C18H18BrFN4O2S. The molecule has 3 aromatic rings. The second-order valence-electron chi connectivity index (χ2n) is 5.75. The summed E-state index contributed by atoms with van der Waals surface area (Å²) in [6, 6.07) is 9.71. The van der Waals surface area contributed by atoms with Crippen molar-refractivity contribution in [3.63, 3.8) is 0 Å². The molecule has 1 aromatic carbocycles. The first-order chi connectivity index (χ1) is 13.1. The maximum absolute atomic E-state index is 13.8. The molecule has 1 N–H and O–H groups in total. The summed E-state index contributed by atoms with van der Waals surface area (Å²) in [5, 5.41) is 11.3. The summed E-state index contributed by atoms with van der Waals surface area (Å²) < 4.78 is 21.6. The lowest BCUT2D eigenvalue weighted by Crippen LogP contribution is -2.34. The van der Waals surface area contributed by atoms with E-state index in [4.69, 9.17) is 4.74 Å². The SMILES string of the molecule is CSCCC(NC(=O)COc1ccc(Br)cc1F)c1nnc2ccccn12. The molecule has 0 radical (unpaired) electrons. The molecule has 0 fully saturated rings. The van der Waals surface area contributed by atoms with Crippen LogP contribution in [0.25, 0.3) is 5.65 Å². The van der Waals surface area contributed by atoms with Crippen LogP contribution in [0.4, 0.5) is 4.39 Å².